The van der Waals surface area contributed by atoms with Crippen molar-refractivity contribution in [3.05, 3.63) is 23.9 Å². The molecule has 0 bridgehead atoms. The number of likely N-dealkylation sites (N-methyl/N-ethyl adjacent to an activating group) is 1. The van der Waals surface area contributed by atoms with Crippen molar-refractivity contribution < 1.29 is 0 Å². The minimum absolute atomic E-state index is 0.524. The van der Waals surface area contributed by atoms with Crippen molar-refractivity contribution in [2.75, 3.05) is 32.5 Å². The Morgan fingerprint density at radius 2 is 1.74 bits per heavy atom. The van der Waals surface area contributed by atoms with Crippen molar-refractivity contribution in [1.82, 2.24) is 9.88 Å². The van der Waals surface area contributed by atoms with Gasteiger partial charge in [0.25, 0.3) is 0 Å². The third kappa shape index (κ3) is 5.19. The van der Waals surface area contributed by atoms with Gasteiger partial charge in [-0.15, -0.1) is 0 Å². The zero-order chi connectivity index (χ0) is 14.4. The third-order valence-corrected chi connectivity index (χ3v) is 3.41. The van der Waals surface area contributed by atoms with E-state index < -0.39 is 0 Å². The van der Waals surface area contributed by atoms with Gasteiger partial charge in [-0.3, -0.25) is 0 Å². The Hall–Kier alpha value is -1.09. The fourth-order valence-corrected chi connectivity index (χ4v) is 2.60. The molecule has 0 aromatic carbocycles. The van der Waals surface area contributed by atoms with Crippen LogP contribution in [0.15, 0.2) is 18.2 Å². The summed E-state index contributed by atoms with van der Waals surface area (Å²) in [4.78, 5) is 6.95. The number of nitrogens with zero attached hydrogens (tertiary/aromatic N) is 2. The molecule has 3 heteroatoms. The first kappa shape index (κ1) is 16.0. The van der Waals surface area contributed by atoms with E-state index >= 15 is 0 Å². The molecule has 0 atom stereocenters. The van der Waals surface area contributed by atoms with E-state index in [2.05, 4.69) is 70.2 Å². The molecular weight excluding hydrogens is 234 g/mol. The molecule has 0 saturated carbocycles. The van der Waals surface area contributed by atoms with Gasteiger partial charge in [-0.05, 0) is 38.1 Å². The highest BCUT2D eigenvalue weighted by molar-refractivity contribution is 5.36. The topological polar surface area (TPSA) is 28.2 Å². The van der Waals surface area contributed by atoms with Crippen molar-refractivity contribution in [3.63, 3.8) is 0 Å². The monoisotopic (exact) mass is 263 g/mol. The maximum absolute atomic E-state index is 4.78. The Kier molecular flexibility index (Phi) is 6.29. The largest absolute Gasteiger partial charge is 0.369 e. The second-order valence-electron chi connectivity index (χ2n) is 6.19. The van der Waals surface area contributed by atoms with E-state index in [1.54, 1.807) is 0 Å². The lowest BCUT2D eigenvalue weighted by molar-refractivity contribution is 0.380. The molecule has 1 N–H and O–H groups in total. The van der Waals surface area contributed by atoms with Crippen LogP contribution in [0.3, 0.4) is 0 Å². The summed E-state index contributed by atoms with van der Waals surface area (Å²) in [5.41, 5.74) is 1.21. The predicted octanol–water partition coefficient (Wildman–Crippen LogP) is 3.45. The van der Waals surface area contributed by atoms with Gasteiger partial charge < -0.3 is 10.2 Å². The van der Waals surface area contributed by atoms with Crippen LogP contribution in [0.1, 0.15) is 39.3 Å². The van der Waals surface area contributed by atoms with E-state index in [1.807, 2.05) is 0 Å². The standard InChI is InChI=1S/C16H29N3/c1-12(2)16(13(3)4)14-8-7-9-15(18-14)17-10-11-19(5)6/h7-9,12-13,16H,10-11H2,1-6H3,(H,17,18). The number of hydrogen-bond acceptors (Lipinski definition) is 3. The predicted molar refractivity (Wildman–Crippen MR) is 83.7 cm³/mol. The van der Waals surface area contributed by atoms with E-state index in [0.29, 0.717) is 17.8 Å². The molecule has 0 unspecified atom stereocenters. The van der Waals surface area contributed by atoms with Crippen LogP contribution in [0.4, 0.5) is 5.82 Å². The highest BCUT2D eigenvalue weighted by Gasteiger charge is 2.20. The van der Waals surface area contributed by atoms with E-state index in [-0.39, 0.29) is 0 Å². The Morgan fingerprint density at radius 3 is 2.26 bits per heavy atom. The van der Waals surface area contributed by atoms with Crippen LogP contribution in [0.25, 0.3) is 0 Å². The molecule has 0 amide bonds. The van der Waals surface area contributed by atoms with E-state index in [9.17, 15) is 0 Å². The minimum atomic E-state index is 0.524. The fourth-order valence-electron chi connectivity index (χ4n) is 2.60. The summed E-state index contributed by atoms with van der Waals surface area (Å²) in [5, 5.41) is 3.40. The SMILES string of the molecule is CC(C)C(c1cccc(NCCN(C)C)n1)C(C)C. The summed E-state index contributed by atoms with van der Waals surface area (Å²) in [6.45, 7) is 11.1. The molecule has 1 aromatic heterocycles. The highest BCUT2D eigenvalue weighted by atomic mass is 15.1. The maximum Gasteiger partial charge on any atom is 0.126 e. The lowest BCUT2D eigenvalue weighted by Crippen LogP contribution is -2.21. The molecule has 0 aliphatic heterocycles. The van der Waals surface area contributed by atoms with Gasteiger partial charge in [0, 0.05) is 24.7 Å². The quantitative estimate of drug-likeness (QED) is 0.816. The minimum Gasteiger partial charge on any atom is -0.369 e. The van der Waals surface area contributed by atoms with Crippen molar-refractivity contribution >= 4 is 5.82 Å². The molecule has 0 aliphatic rings. The van der Waals surface area contributed by atoms with Crippen LogP contribution >= 0.6 is 0 Å². The first-order valence-electron chi connectivity index (χ1n) is 7.27. The molecule has 1 heterocycles. The van der Waals surface area contributed by atoms with Crippen molar-refractivity contribution in [2.24, 2.45) is 11.8 Å². The van der Waals surface area contributed by atoms with Gasteiger partial charge in [-0.25, -0.2) is 4.98 Å². The molecule has 3 nitrogen and oxygen atoms in total. The van der Waals surface area contributed by atoms with Gasteiger partial charge in [0.05, 0.1) is 0 Å². The highest BCUT2D eigenvalue weighted by Crippen LogP contribution is 2.30. The van der Waals surface area contributed by atoms with E-state index in [4.69, 9.17) is 4.98 Å². The van der Waals surface area contributed by atoms with Crippen LogP contribution < -0.4 is 5.32 Å². The molecular formula is C16H29N3. The average Bonchev–Trinajstić information content (AvgIpc) is 2.27. The fraction of sp³-hybridized carbons (Fsp3) is 0.688. The van der Waals surface area contributed by atoms with Gasteiger partial charge in [0.2, 0.25) is 0 Å². The number of anilines is 1. The number of rotatable bonds is 7. The summed E-state index contributed by atoms with van der Waals surface area (Å²) >= 11 is 0. The molecule has 1 rings (SSSR count). The molecule has 108 valence electrons. The van der Waals surface area contributed by atoms with Gasteiger partial charge in [-0.2, -0.15) is 0 Å². The maximum atomic E-state index is 4.78. The Labute approximate surface area is 118 Å². The van der Waals surface area contributed by atoms with E-state index in [1.165, 1.54) is 5.69 Å². The van der Waals surface area contributed by atoms with Crippen LogP contribution in [-0.4, -0.2) is 37.1 Å². The van der Waals surface area contributed by atoms with Crippen LogP contribution in [0.2, 0.25) is 0 Å². The Morgan fingerprint density at radius 1 is 1.11 bits per heavy atom. The molecule has 0 saturated heterocycles. The van der Waals surface area contributed by atoms with Gasteiger partial charge in [0.15, 0.2) is 0 Å². The van der Waals surface area contributed by atoms with Crippen molar-refractivity contribution in [2.45, 2.75) is 33.6 Å². The molecule has 0 fully saturated rings. The zero-order valence-electron chi connectivity index (χ0n) is 13.3. The number of nitrogens with one attached hydrogen (secondary N) is 1. The number of pyridine rings is 1. The summed E-state index contributed by atoms with van der Waals surface area (Å²) in [6.07, 6.45) is 0. The first-order chi connectivity index (χ1) is 8.91. The molecule has 1 aromatic rings. The Balaban J connectivity index is 2.75. The first-order valence-corrected chi connectivity index (χ1v) is 7.27. The molecule has 19 heavy (non-hydrogen) atoms. The summed E-state index contributed by atoms with van der Waals surface area (Å²) in [5.74, 6) is 2.75. The normalized spacial score (nSPS) is 11.9. The average molecular weight is 263 g/mol. The van der Waals surface area contributed by atoms with Gasteiger partial charge in [0.1, 0.15) is 5.82 Å². The van der Waals surface area contributed by atoms with Crippen LogP contribution in [0.5, 0.6) is 0 Å². The number of hydrogen-bond donors (Lipinski definition) is 1. The molecule has 0 aliphatic carbocycles. The second-order valence-corrected chi connectivity index (χ2v) is 6.19. The van der Waals surface area contributed by atoms with Gasteiger partial charge >= 0.3 is 0 Å². The zero-order valence-corrected chi connectivity index (χ0v) is 13.3. The molecule has 0 radical (unpaired) electrons. The third-order valence-electron chi connectivity index (χ3n) is 3.41. The lowest BCUT2D eigenvalue weighted by atomic mass is 9.83. The summed E-state index contributed by atoms with van der Waals surface area (Å²) in [6, 6.07) is 6.32. The summed E-state index contributed by atoms with van der Waals surface area (Å²) in [7, 11) is 4.16. The van der Waals surface area contributed by atoms with Crippen LogP contribution in [-0.2, 0) is 0 Å². The number of aromatic nitrogens is 1. The van der Waals surface area contributed by atoms with Gasteiger partial charge in [-0.1, -0.05) is 33.8 Å². The molecule has 0 spiro atoms. The van der Waals surface area contributed by atoms with Crippen molar-refractivity contribution in [1.29, 1.82) is 0 Å². The lowest BCUT2D eigenvalue weighted by Gasteiger charge is -2.24. The summed E-state index contributed by atoms with van der Waals surface area (Å²) < 4.78 is 0. The van der Waals surface area contributed by atoms with E-state index in [0.717, 1.165) is 18.9 Å². The van der Waals surface area contributed by atoms with Crippen molar-refractivity contribution in [3.8, 4) is 0 Å². The second kappa shape index (κ2) is 7.49. The van der Waals surface area contributed by atoms with Crippen LogP contribution in [0, 0.1) is 11.8 Å². The smallest absolute Gasteiger partial charge is 0.126 e. The Bertz CT molecular complexity index is 364.